The lowest BCUT2D eigenvalue weighted by Gasteiger charge is -2.05. The van der Waals surface area contributed by atoms with Crippen LogP contribution in [0.2, 0.25) is 0 Å². The molecule has 0 bridgehead atoms. The van der Waals surface area contributed by atoms with Crippen LogP contribution in [0.5, 0.6) is 0 Å². The molecule has 0 radical (unpaired) electrons. The predicted molar refractivity (Wildman–Crippen MR) is 72.2 cm³/mol. The lowest BCUT2D eigenvalue weighted by molar-refractivity contribution is 0.158. The maximum atomic E-state index is 5.23. The van der Waals surface area contributed by atoms with Crippen molar-refractivity contribution in [3.8, 4) is 0 Å². The second-order valence-electron chi connectivity index (χ2n) is 3.52. The second kappa shape index (κ2) is 5.93. The summed E-state index contributed by atoms with van der Waals surface area (Å²) in [5.74, 6) is 0.638. The van der Waals surface area contributed by atoms with Crippen LogP contribution in [0.25, 0.3) is 10.9 Å². The number of ether oxygens (including phenoxy) is 1. The molecule has 2 aromatic rings. The third-order valence-electron chi connectivity index (χ3n) is 2.28. The Hall–Kier alpha value is -1.20. The number of nitrogens with zero attached hydrogens (tertiary/aromatic N) is 2. The number of nitrogens with one attached hydrogen (secondary N) is 1. The Morgan fingerprint density at radius 3 is 3.12 bits per heavy atom. The number of benzene rings is 1. The third-order valence-corrected chi connectivity index (χ3v) is 2.77. The van der Waals surface area contributed by atoms with Crippen LogP contribution in [0.3, 0.4) is 0 Å². The number of rotatable bonds is 5. The highest BCUT2D eigenvalue weighted by Crippen LogP contribution is 2.18. The average Bonchev–Trinajstić information content (AvgIpc) is 2.35. The summed E-state index contributed by atoms with van der Waals surface area (Å²) in [6.07, 6.45) is 1.82. The van der Waals surface area contributed by atoms with Crippen molar-refractivity contribution in [3.63, 3.8) is 0 Å². The molecule has 0 amide bonds. The molecule has 1 N–H and O–H groups in total. The van der Waals surface area contributed by atoms with E-state index < -0.39 is 0 Å². The van der Waals surface area contributed by atoms with Gasteiger partial charge in [-0.3, -0.25) is 0 Å². The Bertz CT molecular complexity index is 504. The van der Waals surface area contributed by atoms with Gasteiger partial charge >= 0.3 is 0 Å². The molecule has 1 aromatic carbocycles. The first-order valence-electron chi connectivity index (χ1n) is 5.53. The molecule has 0 saturated carbocycles. The highest BCUT2D eigenvalue weighted by molar-refractivity contribution is 9.10. The zero-order chi connectivity index (χ0) is 12.1. The molecule has 0 unspecified atom stereocenters. The van der Waals surface area contributed by atoms with Gasteiger partial charge in [-0.2, -0.15) is 0 Å². The van der Waals surface area contributed by atoms with Gasteiger partial charge in [0.05, 0.1) is 12.1 Å². The van der Waals surface area contributed by atoms with Crippen LogP contribution >= 0.6 is 15.9 Å². The summed E-state index contributed by atoms with van der Waals surface area (Å²) in [6.45, 7) is 4.09. The maximum absolute atomic E-state index is 5.23. The molecule has 4 nitrogen and oxygen atoms in total. The van der Waals surface area contributed by atoms with E-state index in [1.54, 1.807) is 0 Å². The van der Waals surface area contributed by atoms with Crippen LogP contribution in [0.15, 0.2) is 28.9 Å². The van der Waals surface area contributed by atoms with Gasteiger partial charge in [0.1, 0.15) is 0 Å². The van der Waals surface area contributed by atoms with Crippen LogP contribution < -0.4 is 5.32 Å². The summed E-state index contributed by atoms with van der Waals surface area (Å²) < 4.78 is 6.27. The zero-order valence-corrected chi connectivity index (χ0v) is 11.2. The molecule has 17 heavy (non-hydrogen) atoms. The van der Waals surface area contributed by atoms with Gasteiger partial charge in [-0.1, -0.05) is 15.9 Å². The largest absolute Gasteiger partial charge is 0.380 e. The molecule has 0 spiro atoms. The van der Waals surface area contributed by atoms with Crippen molar-refractivity contribution in [2.75, 3.05) is 25.1 Å². The van der Waals surface area contributed by atoms with Gasteiger partial charge in [-0.25, -0.2) is 9.97 Å². The topological polar surface area (TPSA) is 47.0 Å². The molecule has 1 heterocycles. The third kappa shape index (κ3) is 3.38. The van der Waals surface area contributed by atoms with E-state index in [1.165, 1.54) is 0 Å². The molecule has 0 saturated heterocycles. The SMILES string of the molecule is CCOCCNc1ncc2cc(Br)ccc2n1. The summed E-state index contributed by atoms with van der Waals surface area (Å²) in [5.41, 5.74) is 0.933. The van der Waals surface area contributed by atoms with Crippen LogP contribution in [0.1, 0.15) is 6.92 Å². The van der Waals surface area contributed by atoms with Crippen LogP contribution in [0, 0.1) is 0 Å². The number of hydrogen-bond donors (Lipinski definition) is 1. The highest BCUT2D eigenvalue weighted by atomic mass is 79.9. The lowest BCUT2D eigenvalue weighted by Crippen LogP contribution is -2.11. The van der Waals surface area contributed by atoms with Gasteiger partial charge in [-0.05, 0) is 25.1 Å². The Morgan fingerprint density at radius 2 is 2.29 bits per heavy atom. The molecule has 5 heteroatoms. The van der Waals surface area contributed by atoms with E-state index in [0.717, 1.165) is 28.5 Å². The summed E-state index contributed by atoms with van der Waals surface area (Å²) in [4.78, 5) is 8.66. The second-order valence-corrected chi connectivity index (χ2v) is 4.44. The summed E-state index contributed by atoms with van der Waals surface area (Å²) >= 11 is 3.42. The van der Waals surface area contributed by atoms with E-state index in [9.17, 15) is 0 Å². The van der Waals surface area contributed by atoms with E-state index in [2.05, 4.69) is 31.2 Å². The van der Waals surface area contributed by atoms with Crippen molar-refractivity contribution in [3.05, 3.63) is 28.9 Å². The number of anilines is 1. The van der Waals surface area contributed by atoms with Gasteiger partial charge < -0.3 is 10.1 Å². The van der Waals surface area contributed by atoms with E-state index in [1.807, 2.05) is 31.3 Å². The quantitative estimate of drug-likeness (QED) is 0.862. The van der Waals surface area contributed by atoms with Crippen molar-refractivity contribution in [1.82, 2.24) is 9.97 Å². The van der Waals surface area contributed by atoms with E-state index in [4.69, 9.17) is 4.74 Å². The van der Waals surface area contributed by atoms with Crippen LogP contribution in [-0.2, 0) is 4.74 Å². The van der Waals surface area contributed by atoms with Gasteiger partial charge in [-0.15, -0.1) is 0 Å². The summed E-state index contributed by atoms with van der Waals surface area (Å²) in [6, 6.07) is 5.94. The highest BCUT2D eigenvalue weighted by Gasteiger charge is 1.99. The first-order chi connectivity index (χ1) is 8.29. The lowest BCUT2D eigenvalue weighted by atomic mass is 10.2. The molecule has 0 aliphatic carbocycles. The molecule has 1 aromatic heterocycles. The molecule has 0 aliphatic rings. The minimum absolute atomic E-state index is 0.638. The predicted octanol–water partition coefficient (Wildman–Crippen LogP) is 2.84. The average molecular weight is 296 g/mol. The Labute approximate surface area is 109 Å². The van der Waals surface area contributed by atoms with Gasteiger partial charge in [0.15, 0.2) is 0 Å². The number of halogens is 1. The number of hydrogen-bond acceptors (Lipinski definition) is 4. The van der Waals surface area contributed by atoms with Crippen LogP contribution in [-0.4, -0.2) is 29.7 Å². The normalized spacial score (nSPS) is 10.7. The Morgan fingerprint density at radius 1 is 1.41 bits per heavy atom. The van der Waals surface area contributed by atoms with E-state index in [0.29, 0.717) is 12.6 Å². The van der Waals surface area contributed by atoms with Gasteiger partial charge in [0.25, 0.3) is 0 Å². The Kier molecular flexibility index (Phi) is 4.28. The fraction of sp³-hybridized carbons (Fsp3) is 0.333. The molecule has 2 rings (SSSR count). The van der Waals surface area contributed by atoms with E-state index in [-0.39, 0.29) is 0 Å². The molecular formula is C12H14BrN3O. The number of aromatic nitrogens is 2. The van der Waals surface area contributed by atoms with Crippen molar-refractivity contribution in [2.24, 2.45) is 0 Å². The number of fused-ring (bicyclic) bond motifs is 1. The van der Waals surface area contributed by atoms with Crippen molar-refractivity contribution in [1.29, 1.82) is 0 Å². The smallest absolute Gasteiger partial charge is 0.223 e. The minimum Gasteiger partial charge on any atom is -0.380 e. The molecule has 0 aliphatic heterocycles. The molecule has 0 atom stereocenters. The van der Waals surface area contributed by atoms with Gasteiger partial charge in [0.2, 0.25) is 5.95 Å². The fourth-order valence-corrected chi connectivity index (χ4v) is 1.85. The molecular weight excluding hydrogens is 282 g/mol. The summed E-state index contributed by atoms with van der Waals surface area (Å²) in [5, 5.41) is 4.15. The minimum atomic E-state index is 0.638. The monoisotopic (exact) mass is 295 g/mol. The maximum Gasteiger partial charge on any atom is 0.223 e. The summed E-state index contributed by atoms with van der Waals surface area (Å²) in [7, 11) is 0. The van der Waals surface area contributed by atoms with Crippen molar-refractivity contribution in [2.45, 2.75) is 6.92 Å². The van der Waals surface area contributed by atoms with Gasteiger partial charge in [0, 0.05) is 29.2 Å². The standard InChI is InChI=1S/C12H14BrN3O/c1-2-17-6-5-14-12-15-8-9-7-10(13)3-4-11(9)16-12/h3-4,7-8H,2,5-6H2,1H3,(H,14,15,16). The molecule has 0 fully saturated rings. The first kappa shape index (κ1) is 12.3. The fourth-order valence-electron chi connectivity index (χ4n) is 1.47. The van der Waals surface area contributed by atoms with E-state index >= 15 is 0 Å². The first-order valence-corrected chi connectivity index (χ1v) is 6.33. The molecule has 90 valence electrons. The Balaban J connectivity index is 2.07. The van der Waals surface area contributed by atoms with Crippen molar-refractivity contribution < 1.29 is 4.74 Å². The zero-order valence-electron chi connectivity index (χ0n) is 9.61. The van der Waals surface area contributed by atoms with Crippen LogP contribution in [0.4, 0.5) is 5.95 Å². The van der Waals surface area contributed by atoms with Crippen molar-refractivity contribution >= 4 is 32.8 Å².